The summed E-state index contributed by atoms with van der Waals surface area (Å²) in [6, 6.07) is 5.92. The first-order valence-corrected chi connectivity index (χ1v) is 5.33. The van der Waals surface area contributed by atoms with Crippen LogP contribution >= 0.6 is 0 Å². The molecule has 6 nitrogen and oxygen atoms in total. The average molecular weight is 244 g/mol. The Morgan fingerprint density at radius 1 is 1.33 bits per heavy atom. The van der Waals surface area contributed by atoms with Gasteiger partial charge in [0, 0.05) is 11.9 Å². The molecule has 0 bridgehead atoms. The second-order valence-electron chi connectivity index (χ2n) is 3.78. The van der Waals surface area contributed by atoms with E-state index in [1.165, 1.54) is 0 Å². The van der Waals surface area contributed by atoms with E-state index in [0.717, 1.165) is 0 Å². The number of rotatable bonds is 3. The van der Waals surface area contributed by atoms with Crippen molar-refractivity contribution in [3.63, 3.8) is 0 Å². The molecule has 92 valence electrons. The number of aliphatic carboxylic acids is 1. The summed E-state index contributed by atoms with van der Waals surface area (Å²) in [5, 5.41) is 8.87. The fraction of sp³-hybridized carbons (Fsp3) is 0.167. The van der Waals surface area contributed by atoms with E-state index in [9.17, 15) is 4.79 Å². The quantitative estimate of drug-likeness (QED) is 0.832. The van der Waals surface area contributed by atoms with Gasteiger partial charge in [-0.3, -0.25) is 9.78 Å². The zero-order chi connectivity index (χ0) is 13.1. The van der Waals surface area contributed by atoms with Crippen molar-refractivity contribution >= 4 is 5.97 Å². The van der Waals surface area contributed by atoms with Gasteiger partial charge < -0.3 is 10.8 Å². The Morgan fingerprint density at radius 2 is 2.11 bits per heavy atom. The molecule has 0 aromatic carbocycles. The van der Waals surface area contributed by atoms with Crippen LogP contribution < -0.4 is 5.73 Å². The lowest BCUT2D eigenvalue weighted by atomic mass is 10.2. The van der Waals surface area contributed by atoms with E-state index in [1.807, 2.05) is 6.07 Å². The lowest BCUT2D eigenvalue weighted by molar-refractivity contribution is -0.138. The molecule has 0 spiro atoms. The third-order valence-electron chi connectivity index (χ3n) is 2.34. The Kier molecular flexibility index (Phi) is 3.29. The lowest BCUT2D eigenvalue weighted by Gasteiger charge is -2.08. The summed E-state index contributed by atoms with van der Waals surface area (Å²) in [6.07, 6.45) is 1.64. The van der Waals surface area contributed by atoms with Crippen LogP contribution in [0.2, 0.25) is 0 Å². The zero-order valence-electron chi connectivity index (χ0n) is 9.74. The van der Waals surface area contributed by atoms with Gasteiger partial charge in [-0.25, -0.2) is 9.97 Å². The van der Waals surface area contributed by atoms with Crippen LogP contribution in [0.1, 0.15) is 17.6 Å². The van der Waals surface area contributed by atoms with E-state index in [1.54, 1.807) is 31.3 Å². The van der Waals surface area contributed by atoms with Crippen molar-refractivity contribution in [2.24, 2.45) is 5.73 Å². The maximum Gasteiger partial charge on any atom is 0.328 e. The van der Waals surface area contributed by atoms with Crippen molar-refractivity contribution in [1.29, 1.82) is 0 Å². The summed E-state index contributed by atoms with van der Waals surface area (Å²) < 4.78 is 0. The molecular weight excluding hydrogens is 232 g/mol. The molecular formula is C12H12N4O2. The first-order chi connectivity index (χ1) is 8.58. The standard InChI is InChI=1S/C12H12N4O2/c1-7-6-9(8-4-2-3-5-14-8)16-11(15-7)10(13)12(17)18/h2-6,10H,13H2,1H3,(H,17,18). The van der Waals surface area contributed by atoms with Gasteiger partial charge in [-0.05, 0) is 25.1 Å². The van der Waals surface area contributed by atoms with Gasteiger partial charge in [-0.2, -0.15) is 0 Å². The third kappa shape index (κ3) is 2.49. The van der Waals surface area contributed by atoms with Crippen molar-refractivity contribution in [2.45, 2.75) is 13.0 Å². The minimum Gasteiger partial charge on any atom is -0.480 e. The number of aromatic nitrogens is 3. The normalized spacial score (nSPS) is 12.1. The number of nitrogens with zero attached hydrogens (tertiary/aromatic N) is 3. The van der Waals surface area contributed by atoms with Gasteiger partial charge in [0.1, 0.15) is 0 Å². The Hall–Kier alpha value is -2.34. The SMILES string of the molecule is Cc1cc(-c2ccccn2)nc(C(N)C(=O)O)n1. The number of aryl methyl sites for hydroxylation is 1. The van der Waals surface area contributed by atoms with Gasteiger partial charge in [0.15, 0.2) is 11.9 Å². The molecule has 0 radical (unpaired) electrons. The van der Waals surface area contributed by atoms with Gasteiger partial charge in [-0.15, -0.1) is 0 Å². The summed E-state index contributed by atoms with van der Waals surface area (Å²) >= 11 is 0. The summed E-state index contributed by atoms with van der Waals surface area (Å²) in [4.78, 5) is 23.2. The van der Waals surface area contributed by atoms with E-state index < -0.39 is 12.0 Å². The van der Waals surface area contributed by atoms with Gasteiger partial charge in [0.05, 0.1) is 11.4 Å². The third-order valence-corrected chi connectivity index (χ3v) is 2.34. The first kappa shape index (κ1) is 12.1. The lowest BCUT2D eigenvalue weighted by Crippen LogP contribution is -2.23. The first-order valence-electron chi connectivity index (χ1n) is 5.33. The number of hydrogen-bond acceptors (Lipinski definition) is 5. The second kappa shape index (κ2) is 4.89. The minimum atomic E-state index is -1.23. The zero-order valence-corrected chi connectivity index (χ0v) is 9.74. The molecule has 0 aliphatic carbocycles. The van der Waals surface area contributed by atoms with E-state index in [0.29, 0.717) is 17.1 Å². The predicted octanol–water partition coefficient (Wildman–Crippen LogP) is 0.931. The minimum absolute atomic E-state index is 0.0863. The Labute approximate surface area is 104 Å². The molecule has 0 saturated heterocycles. The molecule has 1 atom stereocenters. The van der Waals surface area contributed by atoms with Crippen LogP contribution in [0, 0.1) is 6.92 Å². The van der Waals surface area contributed by atoms with Crippen molar-refractivity contribution in [3.8, 4) is 11.4 Å². The summed E-state index contributed by atoms with van der Waals surface area (Å²) in [5.41, 5.74) is 7.38. The highest BCUT2D eigenvalue weighted by Gasteiger charge is 2.19. The van der Waals surface area contributed by atoms with Crippen molar-refractivity contribution in [2.75, 3.05) is 0 Å². The molecule has 18 heavy (non-hydrogen) atoms. The van der Waals surface area contributed by atoms with Crippen LogP contribution in [0.3, 0.4) is 0 Å². The Balaban J connectivity index is 2.48. The molecule has 6 heteroatoms. The summed E-state index contributed by atoms with van der Waals surface area (Å²) in [6.45, 7) is 1.76. The highest BCUT2D eigenvalue weighted by molar-refractivity contribution is 5.74. The average Bonchev–Trinajstić information content (AvgIpc) is 2.38. The van der Waals surface area contributed by atoms with Crippen molar-refractivity contribution in [3.05, 3.63) is 42.0 Å². The van der Waals surface area contributed by atoms with Crippen molar-refractivity contribution < 1.29 is 9.90 Å². The number of carbonyl (C=O) groups is 1. The van der Waals surface area contributed by atoms with Gasteiger partial charge in [0.2, 0.25) is 0 Å². The topological polar surface area (TPSA) is 102 Å². The molecule has 0 saturated carbocycles. The fourth-order valence-electron chi connectivity index (χ4n) is 1.49. The highest BCUT2D eigenvalue weighted by Crippen LogP contribution is 2.16. The largest absolute Gasteiger partial charge is 0.480 e. The number of carboxylic acids is 1. The smallest absolute Gasteiger partial charge is 0.328 e. The maximum absolute atomic E-state index is 10.8. The fourth-order valence-corrected chi connectivity index (χ4v) is 1.49. The van der Waals surface area contributed by atoms with Crippen LogP contribution in [-0.4, -0.2) is 26.0 Å². The number of hydrogen-bond donors (Lipinski definition) is 2. The summed E-state index contributed by atoms with van der Waals surface area (Å²) in [5.74, 6) is -1.07. The molecule has 1 unspecified atom stereocenters. The molecule has 2 aromatic rings. The van der Waals surface area contributed by atoms with Crippen LogP contribution in [0.4, 0.5) is 0 Å². The van der Waals surface area contributed by atoms with E-state index in [-0.39, 0.29) is 5.82 Å². The van der Waals surface area contributed by atoms with Gasteiger partial charge >= 0.3 is 5.97 Å². The number of nitrogens with two attached hydrogens (primary N) is 1. The molecule has 3 N–H and O–H groups in total. The molecule has 0 fully saturated rings. The molecule has 2 heterocycles. The summed E-state index contributed by atoms with van der Waals surface area (Å²) in [7, 11) is 0. The maximum atomic E-state index is 10.8. The Morgan fingerprint density at radius 3 is 2.72 bits per heavy atom. The molecule has 0 amide bonds. The van der Waals surface area contributed by atoms with Crippen molar-refractivity contribution in [1.82, 2.24) is 15.0 Å². The second-order valence-corrected chi connectivity index (χ2v) is 3.78. The number of pyridine rings is 1. The monoisotopic (exact) mass is 244 g/mol. The molecule has 0 aliphatic rings. The van der Waals surface area contributed by atoms with Gasteiger partial charge in [0.25, 0.3) is 0 Å². The van der Waals surface area contributed by atoms with Crippen LogP contribution in [-0.2, 0) is 4.79 Å². The van der Waals surface area contributed by atoms with Gasteiger partial charge in [-0.1, -0.05) is 6.07 Å². The van der Waals surface area contributed by atoms with Crippen LogP contribution in [0.15, 0.2) is 30.5 Å². The molecule has 2 rings (SSSR count). The van der Waals surface area contributed by atoms with E-state index in [2.05, 4.69) is 15.0 Å². The molecule has 0 aliphatic heterocycles. The number of carboxylic acid groups (broad SMARTS) is 1. The van der Waals surface area contributed by atoms with Crippen LogP contribution in [0.5, 0.6) is 0 Å². The Bertz CT molecular complexity index is 572. The predicted molar refractivity (Wildman–Crippen MR) is 64.6 cm³/mol. The van der Waals surface area contributed by atoms with Crippen LogP contribution in [0.25, 0.3) is 11.4 Å². The molecule has 2 aromatic heterocycles. The van der Waals surface area contributed by atoms with E-state index >= 15 is 0 Å². The highest BCUT2D eigenvalue weighted by atomic mass is 16.4. The van der Waals surface area contributed by atoms with E-state index in [4.69, 9.17) is 10.8 Å².